The molecule has 0 radical (unpaired) electrons. The van der Waals surface area contributed by atoms with Crippen LogP contribution in [-0.4, -0.2) is 25.3 Å². The number of esters is 1. The Kier molecular flexibility index (Phi) is 7.69. The molecule has 1 atom stereocenters. The number of carbonyl (C=O) groups excluding carboxylic acids is 1. The van der Waals surface area contributed by atoms with Gasteiger partial charge in [-0.1, -0.05) is 19.8 Å². The summed E-state index contributed by atoms with van der Waals surface area (Å²) < 4.78 is 10.2. The lowest BCUT2D eigenvalue weighted by Gasteiger charge is -2.14. The molecule has 0 aromatic rings. The molecular formula is C10H20O3. The molecule has 0 saturated carbocycles. The Balaban J connectivity index is 3.83. The van der Waals surface area contributed by atoms with Crippen molar-refractivity contribution in [3.8, 4) is 0 Å². The normalized spacial score (nSPS) is 12.5. The van der Waals surface area contributed by atoms with Gasteiger partial charge < -0.3 is 9.47 Å². The van der Waals surface area contributed by atoms with Crippen LogP contribution in [0.4, 0.5) is 0 Å². The molecule has 0 aliphatic rings. The third-order valence-corrected chi connectivity index (χ3v) is 1.74. The lowest BCUT2D eigenvalue weighted by atomic mass is 10.1. The molecule has 0 aromatic carbocycles. The second kappa shape index (κ2) is 8.05. The van der Waals surface area contributed by atoms with E-state index in [4.69, 9.17) is 9.47 Å². The molecule has 0 aliphatic heterocycles. The van der Waals surface area contributed by atoms with Crippen molar-refractivity contribution < 1.29 is 14.3 Å². The minimum Gasteiger partial charge on any atom is -0.464 e. The highest BCUT2D eigenvalue weighted by Gasteiger charge is 2.18. The van der Waals surface area contributed by atoms with E-state index >= 15 is 0 Å². The van der Waals surface area contributed by atoms with Crippen LogP contribution in [0.5, 0.6) is 0 Å². The van der Waals surface area contributed by atoms with E-state index in [2.05, 4.69) is 6.92 Å². The molecule has 78 valence electrons. The maximum Gasteiger partial charge on any atom is 0.335 e. The lowest BCUT2D eigenvalue weighted by Crippen LogP contribution is -2.26. The minimum absolute atomic E-state index is 0.224. The summed E-state index contributed by atoms with van der Waals surface area (Å²) in [4.78, 5) is 11.3. The fourth-order valence-corrected chi connectivity index (χ4v) is 1.10. The van der Waals surface area contributed by atoms with Crippen molar-refractivity contribution in [2.75, 3.05) is 13.2 Å². The first-order chi connectivity index (χ1) is 6.26. The molecule has 0 N–H and O–H groups in total. The molecule has 1 unspecified atom stereocenters. The first kappa shape index (κ1) is 12.4. The van der Waals surface area contributed by atoms with Crippen LogP contribution in [0.2, 0.25) is 0 Å². The van der Waals surface area contributed by atoms with Crippen LogP contribution in [-0.2, 0) is 14.3 Å². The van der Waals surface area contributed by atoms with E-state index < -0.39 is 0 Å². The van der Waals surface area contributed by atoms with Gasteiger partial charge in [-0.3, -0.25) is 0 Å². The Hall–Kier alpha value is -0.570. The molecule has 0 bridgehead atoms. The largest absolute Gasteiger partial charge is 0.464 e. The summed E-state index contributed by atoms with van der Waals surface area (Å²) >= 11 is 0. The average Bonchev–Trinajstić information content (AvgIpc) is 2.12. The third-order valence-electron chi connectivity index (χ3n) is 1.74. The zero-order chi connectivity index (χ0) is 10.1. The molecule has 13 heavy (non-hydrogen) atoms. The Bertz CT molecular complexity index is 134. The zero-order valence-electron chi connectivity index (χ0n) is 8.84. The molecule has 0 fully saturated rings. The summed E-state index contributed by atoms with van der Waals surface area (Å²) in [5, 5.41) is 0. The molecule has 3 nitrogen and oxygen atoms in total. The number of carbonyl (C=O) groups is 1. The van der Waals surface area contributed by atoms with Crippen LogP contribution < -0.4 is 0 Å². The standard InChI is InChI=1S/C10H20O3/c1-4-7-8-9(12-5-2)10(11)13-6-3/h9H,4-8H2,1-3H3. The van der Waals surface area contributed by atoms with Crippen molar-refractivity contribution >= 4 is 5.97 Å². The Labute approximate surface area is 80.4 Å². The fraction of sp³-hybridized carbons (Fsp3) is 0.900. The second-order valence-corrected chi connectivity index (χ2v) is 2.84. The van der Waals surface area contributed by atoms with E-state index in [9.17, 15) is 4.79 Å². The molecule has 0 heterocycles. The monoisotopic (exact) mass is 188 g/mol. The van der Waals surface area contributed by atoms with Gasteiger partial charge in [0.05, 0.1) is 6.61 Å². The van der Waals surface area contributed by atoms with Crippen molar-refractivity contribution in [3.05, 3.63) is 0 Å². The highest BCUT2D eigenvalue weighted by Crippen LogP contribution is 2.06. The summed E-state index contributed by atoms with van der Waals surface area (Å²) in [7, 11) is 0. The molecule has 0 amide bonds. The van der Waals surface area contributed by atoms with Crippen LogP contribution in [0.3, 0.4) is 0 Å². The van der Waals surface area contributed by atoms with Crippen LogP contribution in [0.1, 0.15) is 40.0 Å². The van der Waals surface area contributed by atoms with Crippen molar-refractivity contribution in [1.82, 2.24) is 0 Å². The number of ether oxygens (including phenoxy) is 2. The second-order valence-electron chi connectivity index (χ2n) is 2.84. The summed E-state index contributed by atoms with van der Waals surface area (Å²) in [6, 6.07) is 0. The van der Waals surface area contributed by atoms with Crippen LogP contribution in [0.25, 0.3) is 0 Å². The predicted molar refractivity (Wildman–Crippen MR) is 51.6 cm³/mol. The molecule has 0 aliphatic carbocycles. The summed E-state index contributed by atoms with van der Waals surface area (Å²) in [6.45, 7) is 6.77. The van der Waals surface area contributed by atoms with Gasteiger partial charge in [0, 0.05) is 6.61 Å². The van der Waals surface area contributed by atoms with Gasteiger partial charge in [0.1, 0.15) is 0 Å². The Morgan fingerprint density at radius 3 is 2.38 bits per heavy atom. The van der Waals surface area contributed by atoms with Crippen molar-refractivity contribution in [3.63, 3.8) is 0 Å². The van der Waals surface area contributed by atoms with Crippen molar-refractivity contribution in [2.24, 2.45) is 0 Å². The van der Waals surface area contributed by atoms with Gasteiger partial charge >= 0.3 is 5.97 Å². The predicted octanol–water partition coefficient (Wildman–Crippen LogP) is 2.14. The smallest absolute Gasteiger partial charge is 0.335 e. The summed E-state index contributed by atoms with van der Waals surface area (Å²) in [5.41, 5.74) is 0. The maximum atomic E-state index is 11.3. The van der Waals surface area contributed by atoms with Gasteiger partial charge in [0.25, 0.3) is 0 Å². The quantitative estimate of drug-likeness (QED) is 0.574. The molecule has 0 saturated heterocycles. The zero-order valence-corrected chi connectivity index (χ0v) is 8.84. The van der Waals surface area contributed by atoms with E-state index in [1.165, 1.54) is 0 Å². The van der Waals surface area contributed by atoms with Gasteiger partial charge in [0.2, 0.25) is 0 Å². The van der Waals surface area contributed by atoms with Gasteiger partial charge in [-0.2, -0.15) is 0 Å². The number of rotatable bonds is 7. The minimum atomic E-state index is -0.357. The maximum absolute atomic E-state index is 11.3. The Morgan fingerprint density at radius 1 is 1.23 bits per heavy atom. The van der Waals surface area contributed by atoms with Crippen molar-refractivity contribution in [1.29, 1.82) is 0 Å². The van der Waals surface area contributed by atoms with E-state index in [1.54, 1.807) is 6.92 Å². The third kappa shape index (κ3) is 5.64. The van der Waals surface area contributed by atoms with Crippen LogP contribution in [0, 0.1) is 0 Å². The van der Waals surface area contributed by atoms with Crippen LogP contribution in [0.15, 0.2) is 0 Å². The van der Waals surface area contributed by atoms with E-state index in [0.717, 1.165) is 19.3 Å². The van der Waals surface area contributed by atoms with Crippen LogP contribution >= 0.6 is 0 Å². The Morgan fingerprint density at radius 2 is 1.92 bits per heavy atom. The van der Waals surface area contributed by atoms with Gasteiger partial charge in [-0.05, 0) is 20.3 Å². The average molecular weight is 188 g/mol. The topological polar surface area (TPSA) is 35.5 Å². The van der Waals surface area contributed by atoms with E-state index in [1.807, 2.05) is 6.92 Å². The summed E-state index contributed by atoms with van der Waals surface area (Å²) in [5.74, 6) is -0.224. The van der Waals surface area contributed by atoms with E-state index in [0.29, 0.717) is 13.2 Å². The highest BCUT2D eigenvalue weighted by atomic mass is 16.6. The number of hydrogen-bond acceptors (Lipinski definition) is 3. The molecule has 0 rings (SSSR count). The highest BCUT2D eigenvalue weighted by molar-refractivity contribution is 5.74. The molecule has 0 spiro atoms. The van der Waals surface area contributed by atoms with Crippen molar-refractivity contribution in [2.45, 2.75) is 46.1 Å². The van der Waals surface area contributed by atoms with E-state index in [-0.39, 0.29) is 12.1 Å². The van der Waals surface area contributed by atoms with Gasteiger partial charge in [0.15, 0.2) is 6.10 Å². The molecule has 0 aromatic heterocycles. The number of unbranched alkanes of at least 4 members (excludes halogenated alkanes) is 1. The lowest BCUT2D eigenvalue weighted by molar-refractivity contribution is -0.156. The summed E-state index contributed by atoms with van der Waals surface area (Å²) in [6.07, 6.45) is 2.49. The molecule has 3 heteroatoms. The molecular weight excluding hydrogens is 168 g/mol. The SMILES string of the molecule is CCCCC(OCC)C(=O)OCC. The first-order valence-corrected chi connectivity index (χ1v) is 5.04. The fourth-order valence-electron chi connectivity index (χ4n) is 1.10. The van der Waals surface area contributed by atoms with Gasteiger partial charge in [-0.25, -0.2) is 4.79 Å². The number of hydrogen-bond donors (Lipinski definition) is 0. The first-order valence-electron chi connectivity index (χ1n) is 5.04. The van der Waals surface area contributed by atoms with Gasteiger partial charge in [-0.15, -0.1) is 0 Å².